The molecule has 1 aliphatic rings. The molecular formula is C18H26N6O. The molecule has 1 amide bonds. The Morgan fingerprint density at radius 3 is 2.88 bits per heavy atom. The number of nitrogens with one attached hydrogen (secondary N) is 1. The molecule has 0 radical (unpaired) electrons. The third-order valence-electron chi connectivity index (χ3n) is 4.85. The molecule has 1 aliphatic carbocycles. The zero-order valence-electron chi connectivity index (χ0n) is 14.9. The van der Waals surface area contributed by atoms with Crippen LogP contribution in [0.1, 0.15) is 60.4 Å². The second-order valence-corrected chi connectivity index (χ2v) is 7.00. The van der Waals surface area contributed by atoms with Gasteiger partial charge in [-0.3, -0.25) is 9.78 Å². The maximum Gasteiger partial charge on any atom is 0.273 e. The van der Waals surface area contributed by atoms with Crippen molar-refractivity contribution in [3.63, 3.8) is 0 Å². The number of hydrogen-bond acceptors (Lipinski definition) is 5. The van der Waals surface area contributed by atoms with Crippen LogP contribution in [-0.2, 0) is 6.42 Å². The van der Waals surface area contributed by atoms with E-state index in [0.29, 0.717) is 24.2 Å². The zero-order valence-corrected chi connectivity index (χ0v) is 14.9. The fraction of sp³-hybridized carbons (Fsp3) is 0.556. The molecule has 3 N–H and O–H groups in total. The van der Waals surface area contributed by atoms with Crippen LogP contribution in [0.15, 0.2) is 24.5 Å². The highest BCUT2D eigenvalue weighted by atomic mass is 16.2. The Kier molecular flexibility index (Phi) is 5.43. The lowest BCUT2D eigenvalue weighted by molar-refractivity contribution is 0.0934. The maximum absolute atomic E-state index is 12.4. The number of aromatic nitrogens is 4. The first-order valence-corrected chi connectivity index (χ1v) is 8.91. The summed E-state index contributed by atoms with van der Waals surface area (Å²) in [6.07, 6.45) is 8.17. The van der Waals surface area contributed by atoms with E-state index >= 15 is 0 Å². The highest BCUT2D eigenvalue weighted by molar-refractivity contribution is 5.92. The minimum absolute atomic E-state index is 0.0288. The molecule has 0 aromatic carbocycles. The monoisotopic (exact) mass is 342 g/mol. The summed E-state index contributed by atoms with van der Waals surface area (Å²) < 4.78 is 1.81. The minimum atomic E-state index is -0.195. The van der Waals surface area contributed by atoms with Crippen LogP contribution >= 0.6 is 0 Å². The van der Waals surface area contributed by atoms with Crippen molar-refractivity contribution in [2.24, 2.45) is 5.73 Å². The second kappa shape index (κ2) is 7.74. The number of carbonyl (C=O) groups excluding carboxylic acids is 1. The highest BCUT2D eigenvalue weighted by Gasteiger charge is 2.22. The molecule has 1 fully saturated rings. The van der Waals surface area contributed by atoms with Gasteiger partial charge in [-0.25, -0.2) is 4.68 Å². The summed E-state index contributed by atoms with van der Waals surface area (Å²) in [7, 11) is 0. The van der Waals surface area contributed by atoms with Gasteiger partial charge < -0.3 is 11.1 Å². The summed E-state index contributed by atoms with van der Waals surface area (Å²) in [5.41, 5.74) is 8.43. The Morgan fingerprint density at radius 1 is 1.40 bits per heavy atom. The number of rotatable bonds is 5. The van der Waals surface area contributed by atoms with Crippen LogP contribution in [0.2, 0.25) is 0 Å². The lowest BCUT2D eigenvalue weighted by Crippen LogP contribution is -2.34. The molecule has 0 saturated heterocycles. The topological polar surface area (TPSA) is 98.7 Å². The molecule has 0 aliphatic heterocycles. The number of pyridine rings is 1. The van der Waals surface area contributed by atoms with E-state index in [-0.39, 0.29) is 11.9 Å². The Balaban J connectivity index is 1.57. The summed E-state index contributed by atoms with van der Waals surface area (Å²) >= 11 is 0. The van der Waals surface area contributed by atoms with E-state index in [4.69, 9.17) is 5.73 Å². The molecule has 3 rings (SSSR count). The molecule has 2 aromatic rings. The standard InChI is InChI=1S/C18H26N6O/c1-12-4-3-9-20-16(12)10-13(2)21-18(25)17-11-24(23-22-17)15-7-5-14(19)6-8-15/h3-4,9,11,13-15H,5-8,10,19H2,1-2H3,(H,21,25). The van der Waals surface area contributed by atoms with Gasteiger partial charge >= 0.3 is 0 Å². The van der Waals surface area contributed by atoms with E-state index in [1.165, 1.54) is 0 Å². The third-order valence-corrected chi connectivity index (χ3v) is 4.85. The minimum Gasteiger partial charge on any atom is -0.348 e. The molecule has 1 atom stereocenters. The van der Waals surface area contributed by atoms with Gasteiger partial charge in [-0.05, 0) is 51.2 Å². The first-order valence-electron chi connectivity index (χ1n) is 8.91. The lowest BCUT2D eigenvalue weighted by atomic mass is 9.92. The molecule has 1 saturated carbocycles. The number of hydrogen-bond donors (Lipinski definition) is 2. The summed E-state index contributed by atoms with van der Waals surface area (Å²) in [5.74, 6) is -0.195. The van der Waals surface area contributed by atoms with Gasteiger partial charge in [0, 0.05) is 30.4 Å². The molecule has 7 nitrogen and oxygen atoms in total. The van der Waals surface area contributed by atoms with E-state index in [9.17, 15) is 4.79 Å². The number of nitrogens with two attached hydrogens (primary N) is 1. The van der Waals surface area contributed by atoms with Crippen LogP contribution in [0.25, 0.3) is 0 Å². The summed E-state index contributed by atoms with van der Waals surface area (Å²) in [6.45, 7) is 4.00. The molecular weight excluding hydrogens is 316 g/mol. The number of nitrogens with zero attached hydrogens (tertiary/aromatic N) is 4. The SMILES string of the molecule is Cc1cccnc1CC(C)NC(=O)c1cn(C2CCC(N)CC2)nn1. The van der Waals surface area contributed by atoms with E-state index in [1.807, 2.05) is 30.7 Å². The van der Waals surface area contributed by atoms with Gasteiger partial charge in [0.1, 0.15) is 0 Å². The molecule has 2 heterocycles. The van der Waals surface area contributed by atoms with Gasteiger partial charge in [-0.1, -0.05) is 11.3 Å². The van der Waals surface area contributed by atoms with Crippen molar-refractivity contribution in [1.29, 1.82) is 0 Å². The average molecular weight is 342 g/mol. The van der Waals surface area contributed by atoms with Crippen molar-refractivity contribution in [3.8, 4) is 0 Å². The Hall–Kier alpha value is -2.28. The molecule has 7 heteroatoms. The fourth-order valence-corrected chi connectivity index (χ4v) is 3.30. The largest absolute Gasteiger partial charge is 0.348 e. The van der Waals surface area contributed by atoms with Crippen molar-refractivity contribution in [2.75, 3.05) is 0 Å². The molecule has 1 unspecified atom stereocenters. The van der Waals surface area contributed by atoms with Gasteiger partial charge in [-0.15, -0.1) is 5.10 Å². The van der Waals surface area contributed by atoms with E-state index in [1.54, 1.807) is 12.4 Å². The predicted octanol–water partition coefficient (Wildman–Crippen LogP) is 1.78. The molecule has 2 aromatic heterocycles. The van der Waals surface area contributed by atoms with Crippen LogP contribution in [0.3, 0.4) is 0 Å². The van der Waals surface area contributed by atoms with Crippen molar-refractivity contribution in [2.45, 2.75) is 64.1 Å². The van der Waals surface area contributed by atoms with Crippen LogP contribution in [0.5, 0.6) is 0 Å². The fourth-order valence-electron chi connectivity index (χ4n) is 3.30. The van der Waals surface area contributed by atoms with E-state index < -0.39 is 0 Å². The Morgan fingerprint density at radius 2 is 2.16 bits per heavy atom. The normalized spacial score (nSPS) is 21.7. The number of aryl methyl sites for hydroxylation is 1. The van der Waals surface area contributed by atoms with Gasteiger partial charge in [0.05, 0.1) is 12.2 Å². The van der Waals surface area contributed by atoms with Crippen molar-refractivity contribution >= 4 is 5.91 Å². The maximum atomic E-state index is 12.4. The lowest BCUT2D eigenvalue weighted by Gasteiger charge is -2.25. The van der Waals surface area contributed by atoms with Gasteiger partial charge in [0.25, 0.3) is 5.91 Å². The summed E-state index contributed by atoms with van der Waals surface area (Å²) in [5, 5.41) is 11.2. The molecule has 134 valence electrons. The highest BCUT2D eigenvalue weighted by Crippen LogP contribution is 2.26. The summed E-state index contributed by atoms with van der Waals surface area (Å²) in [6, 6.07) is 4.50. The van der Waals surface area contributed by atoms with Crippen molar-refractivity contribution in [1.82, 2.24) is 25.3 Å². The molecule has 0 bridgehead atoms. The van der Waals surface area contributed by atoms with Crippen LogP contribution in [0.4, 0.5) is 0 Å². The molecule has 25 heavy (non-hydrogen) atoms. The second-order valence-electron chi connectivity index (χ2n) is 7.00. The third kappa shape index (κ3) is 4.42. The number of carbonyl (C=O) groups is 1. The zero-order chi connectivity index (χ0) is 17.8. The Bertz CT molecular complexity index is 720. The molecule has 0 spiro atoms. The van der Waals surface area contributed by atoms with Gasteiger partial charge in [0.2, 0.25) is 0 Å². The first kappa shape index (κ1) is 17.5. The smallest absolute Gasteiger partial charge is 0.273 e. The van der Waals surface area contributed by atoms with E-state index in [2.05, 4.69) is 20.6 Å². The van der Waals surface area contributed by atoms with Crippen LogP contribution in [-0.4, -0.2) is 38.0 Å². The van der Waals surface area contributed by atoms with Crippen LogP contribution < -0.4 is 11.1 Å². The van der Waals surface area contributed by atoms with Crippen molar-refractivity contribution < 1.29 is 4.79 Å². The van der Waals surface area contributed by atoms with Gasteiger partial charge in [0.15, 0.2) is 5.69 Å². The van der Waals surface area contributed by atoms with E-state index in [0.717, 1.165) is 36.9 Å². The quantitative estimate of drug-likeness (QED) is 0.863. The van der Waals surface area contributed by atoms with Gasteiger partial charge in [-0.2, -0.15) is 0 Å². The van der Waals surface area contributed by atoms with Crippen molar-refractivity contribution in [3.05, 3.63) is 41.5 Å². The summed E-state index contributed by atoms with van der Waals surface area (Å²) in [4.78, 5) is 16.8. The first-order chi connectivity index (χ1) is 12.0. The predicted molar refractivity (Wildman–Crippen MR) is 95.1 cm³/mol. The average Bonchev–Trinajstić information content (AvgIpc) is 3.08. The number of amides is 1. The Labute approximate surface area is 148 Å². The van der Waals surface area contributed by atoms with Crippen LogP contribution in [0, 0.1) is 6.92 Å².